The van der Waals surface area contributed by atoms with E-state index in [1.165, 1.54) is 10.9 Å². The van der Waals surface area contributed by atoms with Crippen LogP contribution in [0.15, 0.2) is 53.6 Å². The maximum Gasteiger partial charge on any atom is 0.261 e. The van der Waals surface area contributed by atoms with Crippen LogP contribution < -0.4 is 10.3 Å². The lowest BCUT2D eigenvalue weighted by molar-refractivity contribution is -0.131. The molecule has 0 radical (unpaired) electrons. The summed E-state index contributed by atoms with van der Waals surface area (Å²) in [5, 5.41) is 0.521. The highest BCUT2D eigenvalue weighted by atomic mass is 16.5. The molecule has 3 rings (SSSR count). The third-order valence-electron chi connectivity index (χ3n) is 4.39. The Kier molecular flexibility index (Phi) is 5.02. The molecule has 0 atom stereocenters. The fourth-order valence-corrected chi connectivity index (χ4v) is 2.89. The van der Waals surface area contributed by atoms with Gasteiger partial charge in [-0.2, -0.15) is 0 Å². The standard InChI is InChI=1S/C20H21N3O3/c1-14-7-6-9-16-19(14)21-13-23(20(16)25)12-18(24)22(2)11-15-8-4-5-10-17(15)26-3/h4-10,13H,11-12H2,1-3H3. The molecule has 134 valence electrons. The molecule has 1 heterocycles. The first-order valence-corrected chi connectivity index (χ1v) is 8.32. The highest BCUT2D eigenvalue weighted by Crippen LogP contribution is 2.19. The van der Waals surface area contributed by atoms with Crippen LogP contribution in [0.2, 0.25) is 0 Å². The van der Waals surface area contributed by atoms with Crippen molar-refractivity contribution in [3.8, 4) is 5.75 Å². The van der Waals surface area contributed by atoms with E-state index in [0.717, 1.165) is 16.9 Å². The maximum atomic E-state index is 12.6. The first kappa shape index (κ1) is 17.7. The van der Waals surface area contributed by atoms with Gasteiger partial charge in [0.1, 0.15) is 12.3 Å². The number of hydrogen-bond donors (Lipinski definition) is 0. The number of aromatic nitrogens is 2. The first-order chi connectivity index (χ1) is 12.5. The fourth-order valence-electron chi connectivity index (χ4n) is 2.89. The molecule has 0 N–H and O–H groups in total. The summed E-state index contributed by atoms with van der Waals surface area (Å²) in [6.45, 7) is 2.25. The average Bonchev–Trinajstić information content (AvgIpc) is 2.65. The number of fused-ring (bicyclic) bond motifs is 1. The topological polar surface area (TPSA) is 64.4 Å². The van der Waals surface area contributed by atoms with Crippen LogP contribution in [-0.4, -0.2) is 34.5 Å². The fraction of sp³-hybridized carbons (Fsp3) is 0.250. The summed E-state index contributed by atoms with van der Waals surface area (Å²) in [4.78, 5) is 31.1. The van der Waals surface area contributed by atoms with Crippen LogP contribution in [0.3, 0.4) is 0 Å². The SMILES string of the molecule is COc1ccccc1CN(C)C(=O)Cn1cnc2c(C)cccc2c1=O. The van der Waals surface area contributed by atoms with Crippen LogP contribution in [0.25, 0.3) is 10.9 Å². The van der Waals surface area contributed by atoms with Gasteiger partial charge in [-0.05, 0) is 24.6 Å². The van der Waals surface area contributed by atoms with E-state index in [4.69, 9.17) is 4.74 Å². The number of para-hydroxylation sites is 2. The number of benzene rings is 2. The van der Waals surface area contributed by atoms with Crippen LogP contribution in [-0.2, 0) is 17.9 Å². The Morgan fingerprint density at radius 1 is 1.19 bits per heavy atom. The number of ether oxygens (including phenoxy) is 1. The van der Waals surface area contributed by atoms with E-state index in [1.54, 1.807) is 25.1 Å². The minimum absolute atomic E-state index is 0.0542. The van der Waals surface area contributed by atoms with E-state index >= 15 is 0 Å². The zero-order valence-corrected chi connectivity index (χ0v) is 15.1. The molecule has 0 aliphatic heterocycles. The van der Waals surface area contributed by atoms with Crippen molar-refractivity contribution >= 4 is 16.8 Å². The number of carbonyl (C=O) groups is 1. The first-order valence-electron chi connectivity index (χ1n) is 8.32. The maximum absolute atomic E-state index is 12.6. The van der Waals surface area contributed by atoms with Gasteiger partial charge < -0.3 is 9.64 Å². The second-order valence-electron chi connectivity index (χ2n) is 6.21. The molecule has 2 aromatic carbocycles. The molecule has 1 amide bonds. The van der Waals surface area contributed by atoms with Gasteiger partial charge in [0.2, 0.25) is 5.91 Å². The van der Waals surface area contributed by atoms with Crippen LogP contribution in [0, 0.1) is 6.92 Å². The van der Waals surface area contributed by atoms with Crippen molar-refractivity contribution in [1.82, 2.24) is 14.5 Å². The van der Waals surface area contributed by atoms with Gasteiger partial charge in [0.05, 0.1) is 24.3 Å². The highest BCUT2D eigenvalue weighted by molar-refractivity contribution is 5.81. The number of likely N-dealkylation sites (N-methyl/N-ethyl adjacent to an activating group) is 1. The predicted octanol–water partition coefficient (Wildman–Crippen LogP) is 2.37. The number of rotatable bonds is 5. The Hall–Kier alpha value is -3.15. The zero-order chi connectivity index (χ0) is 18.7. The largest absolute Gasteiger partial charge is 0.496 e. The van der Waals surface area contributed by atoms with Crippen molar-refractivity contribution in [3.63, 3.8) is 0 Å². The summed E-state index contributed by atoms with van der Waals surface area (Å²) in [6, 6.07) is 13.0. The third-order valence-corrected chi connectivity index (χ3v) is 4.39. The van der Waals surface area contributed by atoms with Crippen LogP contribution in [0.5, 0.6) is 5.75 Å². The lowest BCUT2D eigenvalue weighted by Crippen LogP contribution is -2.33. The molecule has 3 aromatic rings. The average molecular weight is 351 g/mol. The van der Waals surface area contributed by atoms with Crippen LogP contribution >= 0.6 is 0 Å². The number of methoxy groups -OCH3 is 1. The molecule has 0 bridgehead atoms. The smallest absolute Gasteiger partial charge is 0.261 e. The van der Waals surface area contributed by atoms with Crippen molar-refractivity contribution < 1.29 is 9.53 Å². The summed E-state index contributed by atoms with van der Waals surface area (Å²) in [7, 11) is 3.31. The molecular formula is C20H21N3O3. The normalized spacial score (nSPS) is 10.7. The predicted molar refractivity (Wildman–Crippen MR) is 100 cm³/mol. The highest BCUT2D eigenvalue weighted by Gasteiger charge is 2.14. The van der Waals surface area contributed by atoms with E-state index in [0.29, 0.717) is 17.4 Å². The molecule has 1 aromatic heterocycles. The molecule has 0 unspecified atom stereocenters. The van der Waals surface area contributed by atoms with Gasteiger partial charge in [0.15, 0.2) is 0 Å². The molecule has 0 fully saturated rings. The van der Waals surface area contributed by atoms with Gasteiger partial charge in [-0.1, -0.05) is 30.3 Å². The third kappa shape index (κ3) is 3.44. The lowest BCUT2D eigenvalue weighted by atomic mass is 10.1. The Bertz CT molecular complexity index is 1010. The summed E-state index contributed by atoms with van der Waals surface area (Å²) in [6.07, 6.45) is 1.44. The Labute approximate surface area is 151 Å². The van der Waals surface area contributed by atoms with E-state index in [2.05, 4.69) is 4.98 Å². The number of aryl methyl sites for hydroxylation is 1. The monoisotopic (exact) mass is 351 g/mol. The lowest BCUT2D eigenvalue weighted by Gasteiger charge is -2.19. The van der Waals surface area contributed by atoms with Crippen molar-refractivity contribution in [1.29, 1.82) is 0 Å². The van der Waals surface area contributed by atoms with Crippen molar-refractivity contribution in [2.45, 2.75) is 20.0 Å². The summed E-state index contributed by atoms with van der Waals surface area (Å²) in [5.41, 5.74) is 2.30. The Morgan fingerprint density at radius 2 is 1.96 bits per heavy atom. The van der Waals surface area contributed by atoms with Gasteiger partial charge in [-0.15, -0.1) is 0 Å². The molecular weight excluding hydrogens is 330 g/mol. The van der Waals surface area contributed by atoms with E-state index in [-0.39, 0.29) is 18.0 Å². The summed E-state index contributed by atoms with van der Waals surface area (Å²) < 4.78 is 6.67. The van der Waals surface area contributed by atoms with Gasteiger partial charge in [-0.3, -0.25) is 14.2 Å². The molecule has 6 nitrogen and oxygen atoms in total. The summed E-state index contributed by atoms with van der Waals surface area (Å²) in [5.74, 6) is 0.555. The molecule has 0 saturated carbocycles. The van der Waals surface area contributed by atoms with Gasteiger partial charge >= 0.3 is 0 Å². The van der Waals surface area contributed by atoms with Crippen LogP contribution in [0.4, 0.5) is 0 Å². The Balaban J connectivity index is 1.80. The second kappa shape index (κ2) is 7.39. The van der Waals surface area contributed by atoms with Gasteiger partial charge in [0.25, 0.3) is 5.56 Å². The molecule has 26 heavy (non-hydrogen) atoms. The van der Waals surface area contributed by atoms with Crippen molar-refractivity contribution in [2.24, 2.45) is 0 Å². The minimum Gasteiger partial charge on any atom is -0.496 e. The zero-order valence-electron chi connectivity index (χ0n) is 15.1. The van der Waals surface area contributed by atoms with Crippen molar-refractivity contribution in [2.75, 3.05) is 14.2 Å². The second-order valence-corrected chi connectivity index (χ2v) is 6.21. The van der Waals surface area contributed by atoms with E-state index in [1.807, 2.05) is 43.3 Å². The Morgan fingerprint density at radius 3 is 2.73 bits per heavy atom. The number of amides is 1. The van der Waals surface area contributed by atoms with E-state index in [9.17, 15) is 9.59 Å². The quantitative estimate of drug-likeness (QED) is 0.708. The number of nitrogens with zero attached hydrogens (tertiary/aromatic N) is 3. The minimum atomic E-state index is -0.210. The molecule has 0 aliphatic rings. The molecule has 0 aliphatic carbocycles. The molecule has 0 spiro atoms. The van der Waals surface area contributed by atoms with Crippen molar-refractivity contribution in [3.05, 3.63) is 70.3 Å². The molecule has 0 saturated heterocycles. The van der Waals surface area contributed by atoms with Gasteiger partial charge in [-0.25, -0.2) is 4.98 Å². The summed E-state index contributed by atoms with van der Waals surface area (Å²) >= 11 is 0. The number of hydrogen-bond acceptors (Lipinski definition) is 4. The van der Waals surface area contributed by atoms with E-state index < -0.39 is 0 Å². The number of carbonyl (C=O) groups excluding carboxylic acids is 1. The van der Waals surface area contributed by atoms with Gasteiger partial charge in [0, 0.05) is 19.2 Å². The van der Waals surface area contributed by atoms with Crippen LogP contribution in [0.1, 0.15) is 11.1 Å². The molecule has 6 heteroatoms.